The van der Waals surface area contributed by atoms with Crippen molar-refractivity contribution in [1.29, 1.82) is 0 Å². The summed E-state index contributed by atoms with van der Waals surface area (Å²) in [5.74, 6) is 1.36. The highest BCUT2D eigenvalue weighted by molar-refractivity contribution is 6.08. The van der Waals surface area contributed by atoms with Gasteiger partial charge in [0.25, 0.3) is 5.91 Å². The molecule has 2 aliphatic rings. The number of rotatable bonds is 2. The molecule has 5 nitrogen and oxygen atoms in total. The Balaban J connectivity index is 1.61. The topological polar surface area (TPSA) is 52.2 Å². The zero-order valence-electron chi connectivity index (χ0n) is 13.2. The van der Waals surface area contributed by atoms with Gasteiger partial charge >= 0.3 is 0 Å². The first-order valence-corrected chi connectivity index (χ1v) is 8.07. The second-order valence-corrected chi connectivity index (χ2v) is 6.87. The van der Waals surface area contributed by atoms with E-state index in [1.165, 1.54) is 6.42 Å². The Kier molecular flexibility index (Phi) is 3.18. The molecule has 1 fully saturated rings. The second kappa shape index (κ2) is 5.09. The number of carbonyl (C=O) groups is 1. The van der Waals surface area contributed by atoms with Gasteiger partial charge in [0, 0.05) is 18.5 Å². The van der Waals surface area contributed by atoms with Gasteiger partial charge in [0.05, 0.1) is 23.3 Å². The molecule has 1 saturated heterocycles. The van der Waals surface area contributed by atoms with Crippen LogP contribution >= 0.6 is 0 Å². The molecule has 1 aromatic heterocycles. The van der Waals surface area contributed by atoms with Crippen LogP contribution in [0.1, 0.15) is 29.4 Å². The number of H-pyrrole nitrogens is 1. The molecule has 2 atom stereocenters. The Labute approximate surface area is 130 Å². The fourth-order valence-electron chi connectivity index (χ4n) is 3.86. The summed E-state index contributed by atoms with van der Waals surface area (Å²) in [7, 11) is 2.17. The Morgan fingerprint density at radius 3 is 3.14 bits per heavy atom. The normalized spacial score (nSPS) is 25.9. The summed E-state index contributed by atoms with van der Waals surface area (Å²) in [6, 6.07) is 5.83. The van der Waals surface area contributed by atoms with E-state index in [9.17, 15) is 4.79 Å². The van der Waals surface area contributed by atoms with E-state index in [1.807, 2.05) is 23.1 Å². The smallest absolute Gasteiger partial charge is 0.254 e. The quantitative estimate of drug-likeness (QED) is 0.924. The van der Waals surface area contributed by atoms with Crippen molar-refractivity contribution in [2.75, 3.05) is 26.7 Å². The van der Waals surface area contributed by atoms with Crippen molar-refractivity contribution in [2.24, 2.45) is 11.8 Å². The molecule has 2 aliphatic heterocycles. The van der Waals surface area contributed by atoms with Crippen LogP contribution in [0.4, 0.5) is 0 Å². The molecule has 5 heteroatoms. The highest BCUT2D eigenvalue weighted by Crippen LogP contribution is 2.30. The molecule has 0 saturated carbocycles. The lowest BCUT2D eigenvalue weighted by Gasteiger charge is -2.38. The maximum atomic E-state index is 12.8. The minimum Gasteiger partial charge on any atom is -0.332 e. The number of aromatic nitrogens is 2. The first-order valence-electron chi connectivity index (χ1n) is 8.07. The van der Waals surface area contributed by atoms with E-state index in [0.29, 0.717) is 18.4 Å². The molecule has 2 aromatic rings. The molecular formula is C17H22N4O. The zero-order valence-corrected chi connectivity index (χ0v) is 13.2. The number of benzene rings is 1. The zero-order chi connectivity index (χ0) is 15.3. The van der Waals surface area contributed by atoms with Crippen LogP contribution in [0.3, 0.4) is 0 Å². The van der Waals surface area contributed by atoms with Crippen LogP contribution in [0.5, 0.6) is 0 Å². The van der Waals surface area contributed by atoms with Gasteiger partial charge in [-0.3, -0.25) is 9.89 Å². The first kappa shape index (κ1) is 13.8. The molecule has 1 N–H and O–H groups in total. The van der Waals surface area contributed by atoms with Gasteiger partial charge in [-0.05, 0) is 44.0 Å². The fourth-order valence-corrected chi connectivity index (χ4v) is 3.86. The van der Waals surface area contributed by atoms with Crippen LogP contribution in [0.25, 0.3) is 10.9 Å². The first-order chi connectivity index (χ1) is 10.6. The second-order valence-electron chi connectivity index (χ2n) is 6.87. The molecule has 3 heterocycles. The van der Waals surface area contributed by atoms with Crippen molar-refractivity contribution in [1.82, 2.24) is 20.0 Å². The number of nitrogens with one attached hydrogen (secondary N) is 1. The van der Waals surface area contributed by atoms with Crippen molar-refractivity contribution in [3.05, 3.63) is 29.5 Å². The van der Waals surface area contributed by atoms with Gasteiger partial charge in [-0.2, -0.15) is 5.10 Å². The molecule has 2 unspecified atom stereocenters. The standard InChI is InChI=1S/C17H22N4O/c1-11-6-7-20(2)8-12(11)9-21-10-15-16-13(17(21)22)4-3-5-14(16)18-19-15/h3-5,11-12H,6-10H2,1-2H3,(H,18,19). The van der Waals surface area contributed by atoms with Crippen molar-refractivity contribution in [2.45, 2.75) is 19.9 Å². The summed E-state index contributed by atoms with van der Waals surface area (Å²) in [4.78, 5) is 17.2. The summed E-state index contributed by atoms with van der Waals surface area (Å²) >= 11 is 0. The van der Waals surface area contributed by atoms with Crippen molar-refractivity contribution in [3.8, 4) is 0 Å². The molecule has 0 bridgehead atoms. The van der Waals surface area contributed by atoms with Crippen molar-refractivity contribution >= 4 is 16.8 Å². The number of carbonyl (C=O) groups excluding carboxylic acids is 1. The summed E-state index contributed by atoms with van der Waals surface area (Å²) < 4.78 is 0. The van der Waals surface area contributed by atoms with Gasteiger partial charge < -0.3 is 9.80 Å². The average Bonchev–Trinajstić information content (AvgIpc) is 2.92. The third-order valence-corrected chi connectivity index (χ3v) is 5.29. The van der Waals surface area contributed by atoms with Gasteiger partial charge in [-0.25, -0.2) is 0 Å². The third-order valence-electron chi connectivity index (χ3n) is 5.29. The summed E-state index contributed by atoms with van der Waals surface area (Å²) in [6.07, 6.45) is 1.21. The highest BCUT2D eigenvalue weighted by atomic mass is 16.2. The van der Waals surface area contributed by atoms with Gasteiger partial charge in [-0.15, -0.1) is 0 Å². The van der Waals surface area contributed by atoms with E-state index in [0.717, 1.165) is 41.8 Å². The largest absolute Gasteiger partial charge is 0.332 e. The third kappa shape index (κ3) is 2.11. The number of amides is 1. The lowest BCUT2D eigenvalue weighted by Crippen LogP contribution is -2.45. The molecule has 1 aromatic carbocycles. The maximum absolute atomic E-state index is 12.8. The van der Waals surface area contributed by atoms with Crippen LogP contribution in [0, 0.1) is 11.8 Å². The Bertz CT molecular complexity index is 723. The Morgan fingerprint density at radius 1 is 1.41 bits per heavy atom. The minimum atomic E-state index is 0.153. The summed E-state index contributed by atoms with van der Waals surface area (Å²) in [6.45, 7) is 6.00. The van der Waals surface area contributed by atoms with E-state index in [-0.39, 0.29) is 5.91 Å². The van der Waals surface area contributed by atoms with Gasteiger partial charge in [-0.1, -0.05) is 13.0 Å². The van der Waals surface area contributed by atoms with Crippen LogP contribution in [-0.4, -0.2) is 52.6 Å². The predicted octanol–water partition coefficient (Wildman–Crippen LogP) is 2.11. The number of aromatic amines is 1. The highest BCUT2D eigenvalue weighted by Gasteiger charge is 2.32. The fraction of sp³-hybridized carbons (Fsp3) is 0.529. The van der Waals surface area contributed by atoms with Crippen LogP contribution in [-0.2, 0) is 6.54 Å². The van der Waals surface area contributed by atoms with E-state index < -0.39 is 0 Å². The van der Waals surface area contributed by atoms with Crippen LogP contribution in [0.2, 0.25) is 0 Å². The lowest BCUT2D eigenvalue weighted by atomic mass is 9.86. The number of nitrogens with zero attached hydrogens (tertiary/aromatic N) is 3. The SMILES string of the molecule is CC1CCN(C)CC1CN1Cc2n[nH]c3cccc(c23)C1=O. The van der Waals surface area contributed by atoms with Crippen molar-refractivity contribution < 1.29 is 4.79 Å². The van der Waals surface area contributed by atoms with E-state index in [1.54, 1.807) is 0 Å². The van der Waals surface area contributed by atoms with E-state index in [4.69, 9.17) is 0 Å². The molecule has 22 heavy (non-hydrogen) atoms. The number of piperidine rings is 1. The van der Waals surface area contributed by atoms with Crippen LogP contribution < -0.4 is 0 Å². The van der Waals surface area contributed by atoms with E-state index in [2.05, 4.69) is 29.1 Å². The van der Waals surface area contributed by atoms with E-state index >= 15 is 0 Å². The average molecular weight is 298 g/mol. The van der Waals surface area contributed by atoms with Gasteiger partial charge in [0.1, 0.15) is 0 Å². The summed E-state index contributed by atoms with van der Waals surface area (Å²) in [5.41, 5.74) is 2.76. The molecule has 0 spiro atoms. The maximum Gasteiger partial charge on any atom is 0.254 e. The molecule has 1 amide bonds. The molecule has 116 valence electrons. The number of hydrogen-bond acceptors (Lipinski definition) is 3. The monoisotopic (exact) mass is 298 g/mol. The molecular weight excluding hydrogens is 276 g/mol. The molecule has 4 rings (SSSR count). The lowest BCUT2D eigenvalue weighted by molar-refractivity contribution is 0.0608. The van der Waals surface area contributed by atoms with Gasteiger partial charge in [0.2, 0.25) is 0 Å². The molecule has 0 aliphatic carbocycles. The Morgan fingerprint density at radius 2 is 2.27 bits per heavy atom. The van der Waals surface area contributed by atoms with Crippen molar-refractivity contribution in [3.63, 3.8) is 0 Å². The minimum absolute atomic E-state index is 0.153. The Hall–Kier alpha value is -1.88. The molecule has 0 radical (unpaired) electrons. The number of likely N-dealkylation sites (tertiary alicyclic amines) is 1. The summed E-state index contributed by atoms with van der Waals surface area (Å²) in [5, 5.41) is 8.46. The van der Waals surface area contributed by atoms with Gasteiger partial charge in [0.15, 0.2) is 0 Å². The predicted molar refractivity (Wildman–Crippen MR) is 85.6 cm³/mol. The number of hydrogen-bond donors (Lipinski definition) is 1. The van der Waals surface area contributed by atoms with Crippen LogP contribution in [0.15, 0.2) is 18.2 Å².